The van der Waals surface area contributed by atoms with Crippen molar-refractivity contribution in [3.8, 4) is 11.5 Å². The molecule has 0 spiro atoms. The second-order valence-corrected chi connectivity index (χ2v) is 9.59. The average Bonchev–Trinajstić information content (AvgIpc) is 3.44. The van der Waals surface area contributed by atoms with Crippen LogP contribution in [0.2, 0.25) is 0 Å². The summed E-state index contributed by atoms with van der Waals surface area (Å²) in [7, 11) is -3.40. The quantitative estimate of drug-likeness (QED) is 0.730. The molecule has 8 heteroatoms. The molecule has 0 radical (unpaired) electrons. The van der Waals surface area contributed by atoms with Gasteiger partial charge < -0.3 is 14.8 Å². The van der Waals surface area contributed by atoms with Gasteiger partial charge >= 0.3 is 0 Å². The third-order valence-electron chi connectivity index (χ3n) is 5.54. The molecule has 1 fully saturated rings. The molecule has 7 nitrogen and oxygen atoms in total. The maximum atomic E-state index is 12.6. The number of sulfonamides is 1. The van der Waals surface area contributed by atoms with E-state index >= 15 is 0 Å². The van der Waals surface area contributed by atoms with E-state index in [4.69, 9.17) is 9.47 Å². The molecule has 1 amide bonds. The molecule has 2 aliphatic heterocycles. The second-order valence-electron chi connectivity index (χ2n) is 7.66. The molecule has 2 aromatic rings. The van der Waals surface area contributed by atoms with Gasteiger partial charge in [-0.15, -0.1) is 0 Å². The highest BCUT2D eigenvalue weighted by Gasteiger charge is 2.26. The molecule has 30 heavy (non-hydrogen) atoms. The Labute approximate surface area is 177 Å². The smallest absolute Gasteiger partial charge is 0.243 e. The van der Waals surface area contributed by atoms with Gasteiger partial charge in [0.15, 0.2) is 11.5 Å². The lowest BCUT2D eigenvalue weighted by molar-refractivity contribution is -0.121. The second kappa shape index (κ2) is 8.65. The summed E-state index contributed by atoms with van der Waals surface area (Å²) in [5, 5.41) is 2.99. The molecule has 1 saturated heterocycles. The number of carbonyl (C=O) groups excluding carboxylic acids is 1. The zero-order valence-corrected chi connectivity index (χ0v) is 17.8. The Morgan fingerprint density at radius 2 is 1.77 bits per heavy atom. The van der Waals surface area contributed by atoms with Crippen LogP contribution in [-0.4, -0.2) is 38.5 Å². The summed E-state index contributed by atoms with van der Waals surface area (Å²) in [6.07, 6.45) is 2.70. The van der Waals surface area contributed by atoms with Crippen molar-refractivity contribution in [2.24, 2.45) is 0 Å². The van der Waals surface area contributed by atoms with Crippen LogP contribution in [0.1, 0.15) is 43.4 Å². The normalized spacial score (nSPS) is 17.1. The Morgan fingerprint density at radius 3 is 2.50 bits per heavy atom. The van der Waals surface area contributed by atoms with Gasteiger partial charge in [-0.1, -0.05) is 18.2 Å². The Hall–Kier alpha value is -2.58. The first kappa shape index (κ1) is 20.7. The molecule has 4 rings (SSSR count). The lowest BCUT2D eigenvalue weighted by Crippen LogP contribution is -2.27. The summed E-state index contributed by atoms with van der Waals surface area (Å²) in [5.74, 6) is 1.35. The van der Waals surface area contributed by atoms with Gasteiger partial charge in [-0.2, -0.15) is 4.31 Å². The fourth-order valence-electron chi connectivity index (χ4n) is 3.74. The van der Waals surface area contributed by atoms with Gasteiger partial charge in [0.1, 0.15) is 0 Å². The number of ether oxygens (including phenoxy) is 2. The first-order chi connectivity index (χ1) is 14.4. The van der Waals surface area contributed by atoms with E-state index in [-0.39, 0.29) is 18.7 Å². The maximum absolute atomic E-state index is 12.6. The van der Waals surface area contributed by atoms with E-state index in [1.165, 1.54) is 4.31 Å². The largest absolute Gasteiger partial charge is 0.454 e. The summed E-state index contributed by atoms with van der Waals surface area (Å²) in [6.45, 7) is 3.32. The summed E-state index contributed by atoms with van der Waals surface area (Å²) >= 11 is 0. The summed E-state index contributed by atoms with van der Waals surface area (Å²) in [5.41, 5.74) is 1.88. The van der Waals surface area contributed by atoms with Gasteiger partial charge in [-0.3, -0.25) is 4.79 Å². The average molecular weight is 431 g/mol. The predicted molar refractivity (Wildman–Crippen MR) is 112 cm³/mol. The number of nitrogens with one attached hydrogen (secondary N) is 1. The molecule has 0 bridgehead atoms. The number of hydrogen-bond donors (Lipinski definition) is 1. The molecule has 0 saturated carbocycles. The Kier molecular flexibility index (Phi) is 5.97. The van der Waals surface area contributed by atoms with Crippen molar-refractivity contribution in [2.45, 2.75) is 43.5 Å². The molecular formula is C22H26N2O5S. The molecule has 1 unspecified atom stereocenters. The summed E-state index contributed by atoms with van der Waals surface area (Å²) < 4.78 is 37.4. The number of nitrogens with zero attached hydrogens (tertiary/aromatic N) is 1. The number of fused-ring (bicyclic) bond motifs is 1. The highest BCUT2D eigenvalue weighted by molar-refractivity contribution is 7.89. The van der Waals surface area contributed by atoms with E-state index < -0.39 is 10.0 Å². The molecule has 1 N–H and O–H groups in total. The molecule has 2 aromatic carbocycles. The molecule has 0 aliphatic carbocycles. The maximum Gasteiger partial charge on any atom is 0.243 e. The zero-order chi connectivity index (χ0) is 21.1. The van der Waals surface area contributed by atoms with Crippen molar-refractivity contribution < 1.29 is 22.7 Å². The highest BCUT2D eigenvalue weighted by Crippen LogP contribution is 2.34. The van der Waals surface area contributed by atoms with Gasteiger partial charge in [0.2, 0.25) is 22.7 Å². The fourth-order valence-corrected chi connectivity index (χ4v) is 5.26. The SMILES string of the molecule is CC(NC(=O)CCc1ccc(S(=O)(=O)N2CCCC2)cc1)c1ccc2c(c1)OCO2. The van der Waals surface area contributed by atoms with Crippen LogP contribution in [0.25, 0.3) is 0 Å². The molecule has 160 valence electrons. The monoisotopic (exact) mass is 430 g/mol. The number of rotatable bonds is 7. The molecule has 2 aliphatic rings. The van der Waals surface area contributed by atoms with E-state index in [1.807, 2.05) is 25.1 Å². The van der Waals surface area contributed by atoms with Crippen LogP contribution >= 0.6 is 0 Å². The Bertz CT molecular complexity index is 1010. The third kappa shape index (κ3) is 4.44. The molecular weight excluding hydrogens is 404 g/mol. The van der Waals surface area contributed by atoms with E-state index in [9.17, 15) is 13.2 Å². The van der Waals surface area contributed by atoms with Crippen LogP contribution in [0, 0.1) is 0 Å². The fraction of sp³-hybridized carbons (Fsp3) is 0.409. The van der Waals surface area contributed by atoms with Crippen LogP contribution in [0.3, 0.4) is 0 Å². The minimum atomic E-state index is -3.40. The van der Waals surface area contributed by atoms with Gasteiger partial charge in [0.05, 0.1) is 10.9 Å². The standard InChI is InChI=1S/C22H26N2O5S/c1-16(18-7-10-20-21(14-18)29-15-28-20)23-22(25)11-6-17-4-8-19(9-5-17)30(26,27)24-12-2-3-13-24/h4-5,7-10,14,16H,2-3,6,11-13,15H2,1H3,(H,23,25). The van der Waals surface area contributed by atoms with Crippen molar-refractivity contribution in [2.75, 3.05) is 19.9 Å². The highest BCUT2D eigenvalue weighted by atomic mass is 32.2. The minimum Gasteiger partial charge on any atom is -0.454 e. The van der Waals surface area contributed by atoms with Crippen molar-refractivity contribution in [1.82, 2.24) is 9.62 Å². The predicted octanol–water partition coefficient (Wildman–Crippen LogP) is 3.01. The summed E-state index contributed by atoms with van der Waals surface area (Å²) in [4.78, 5) is 12.7. The van der Waals surface area contributed by atoms with Gasteiger partial charge in [-0.25, -0.2) is 8.42 Å². The number of amides is 1. The van der Waals surface area contributed by atoms with Gasteiger partial charge in [0, 0.05) is 19.5 Å². The minimum absolute atomic E-state index is 0.0612. The van der Waals surface area contributed by atoms with Crippen molar-refractivity contribution in [3.63, 3.8) is 0 Å². The summed E-state index contributed by atoms with van der Waals surface area (Å²) in [6, 6.07) is 12.3. The van der Waals surface area contributed by atoms with E-state index in [0.717, 1.165) is 24.0 Å². The molecule has 2 heterocycles. The van der Waals surface area contributed by atoms with Crippen LogP contribution < -0.4 is 14.8 Å². The van der Waals surface area contributed by atoms with E-state index in [2.05, 4.69) is 5.32 Å². The zero-order valence-electron chi connectivity index (χ0n) is 17.0. The lowest BCUT2D eigenvalue weighted by Gasteiger charge is -2.16. The van der Waals surface area contributed by atoms with Crippen LogP contribution in [0.15, 0.2) is 47.4 Å². The van der Waals surface area contributed by atoms with Gasteiger partial charge in [0.25, 0.3) is 0 Å². The Balaban J connectivity index is 1.30. The van der Waals surface area contributed by atoms with Crippen LogP contribution in [-0.2, 0) is 21.2 Å². The van der Waals surface area contributed by atoms with Gasteiger partial charge in [-0.05, 0) is 61.6 Å². The van der Waals surface area contributed by atoms with E-state index in [1.54, 1.807) is 24.3 Å². The number of aryl methyl sites for hydroxylation is 1. The topological polar surface area (TPSA) is 84.9 Å². The Morgan fingerprint density at radius 1 is 1.07 bits per heavy atom. The van der Waals surface area contributed by atoms with Crippen LogP contribution in [0.5, 0.6) is 11.5 Å². The number of carbonyl (C=O) groups is 1. The van der Waals surface area contributed by atoms with Crippen molar-refractivity contribution in [3.05, 3.63) is 53.6 Å². The van der Waals surface area contributed by atoms with Crippen molar-refractivity contribution >= 4 is 15.9 Å². The molecule has 0 aromatic heterocycles. The van der Waals surface area contributed by atoms with Crippen molar-refractivity contribution in [1.29, 1.82) is 0 Å². The lowest BCUT2D eigenvalue weighted by atomic mass is 10.1. The third-order valence-corrected chi connectivity index (χ3v) is 7.45. The molecule has 1 atom stereocenters. The number of hydrogen-bond acceptors (Lipinski definition) is 5. The first-order valence-electron chi connectivity index (χ1n) is 10.2. The first-order valence-corrected chi connectivity index (χ1v) is 11.7. The van der Waals surface area contributed by atoms with Crippen LogP contribution in [0.4, 0.5) is 0 Å². The number of benzene rings is 2. The van der Waals surface area contributed by atoms with E-state index in [0.29, 0.717) is 42.3 Å².